The molecule has 0 saturated heterocycles. The summed E-state index contributed by atoms with van der Waals surface area (Å²) in [6.45, 7) is 2.00. The van der Waals surface area contributed by atoms with Crippen LogP contribution in [0.2, 0.25) is 0 Å². The van der Waals surface area contributed by atoms with Gasteiger partial charge in [0.15, 0.2) is 5.75 Å². The molecule has 1 amide bonds. The number of nitrogens with one attached hydrogen (secondary N) is 1. The van der Waals surface area contributed by atoms with Gasteiger partial charge < -0.3 is 10.1 Å². The van der Waals surface area contributed by atoms with Crippen molar-refractivity contribution in [3.05, 3.63) is 63.7 Å². The first-order valence-corrected chi connectivity index (χ1v) is 6.78. The van der Waals surface area contributed by atoms with Crippen LogP contribution in [0.3, 0.4) is 0 Å². The third-order valence-corrected chi connectivity index (χ3v) is 2.97. The Bertz CT molecular complexity index is 796. The Morgan fingerprint density at radius 3 is 2.78 bits per heavy atom. The highest BCUT2D eigenvalue weighted by Crippen LogP contribution is 2.28. The Morgan fingerprint density at radius 2 is 2.13 bits per heavy atom. The van der Waals surface area contributed by atoms with Crippen molar-refractivity contribution in [2.75, 3.05) is 11.9 Å². The number of amides is 1. The van der Waals surface area contributed by atoms with E-state index in [9.17, 15) is 14.9 Å². The van der Waals surface area contributed by atoms with E-state index in [-0.39, 0.29) is 23.6 Å². The lowest BCUT2D eigenvalue weighted by Crippen LogP contribution is -2.12. The highest BCUT2D eigenvalue weighted by atomic mass is 16.6. The van der Waals surface area contributed by atoms with Gasteiger partial charge in [-0.3, -0.25) is 14.9 Å². The second-order valence-electron chi connectivity index (χ2n) is 4.52. The standard InChI is InChI=1S/C16H13N3O4/c1-2-23-15-7-6-12(9-14(15)19(21)22)16(20)18-13-5-3-4-11(8-13)10-17/h3-9H,2H2,1H3,(H,18,20). The van der Waals surface area contributed by atoms with E-state index in [0.29, 0.717) is 11.3 Å². The molecule has 23 heavy (non-hydrogen) atoms. The maximum atomic E-state index is 12.2. The van der Waals surface area contributed by atoms with E-state index in [0.717, 1.165) is 6.07 Å². The molecular formula is C16H13N3O4. The van der Waals surface area contributed by atoms with Crippen molar-refractivity contribution in [3.63, 3.8) is 0 Å². The van der Waals surface area contributed by atoms with E-state index in [1.54, 1.807) is 25.1 Å². The molecule has 0 heterocycles. The number of nitriles is 1. The molecule has 116 valence electrons. The summed E-state index contributed by atoms with van der Waals surface area (Å²) in [6, 6.07) is 12.4. The first-order chi connectivity index (χ1) is 11.0. The molecule has 0 saturated carbocycles. The zero-order valence-corrected chi connectivity index (χ0v) is 12.3. The SMILES string of the molecule is CCOc1ccc(C(=O)Nc2cccc(C#N)c2)cc1[N+](=O)[O-]. The minimum absolute atomic E-state index is 0.112. The fourth-order valence-electron chi connectivity index (χ4n) is 1.95. The third kappa shape index (κ3) is 3.83. The summed E-state index contributed by atoms with van der Waals surface area (Å²) in [5, 5.41) is 22.5. The molecule has 0 radical (unpaired) electrons. The third-order valence-electron chi connectivity index (χ3n) is 2.97. The van der Waals surface area contributed by atoms with Crippen LogP contribution in [-0.2, 0) is 0 Å². The lowest BCUT2D eigenvalue weighted by molar-refractivity contribution is -0.385. The first-order valence-electron chi connectivity index (χ1n) is 6.78. The average Bonchev–Trinajstić information content (AvgIpc) is 2.55. The van der Waals surface area contributed by atoms with Crippen molar-refractivity contribution >= 4 is 17.3 Å². The minimum Gasteiger partial charge on any atom is -0.487 e. The Labute approximate surface area is 132 Å². The molecule has 0 aromatic heterocycles. The Kier molecular flexibility index (Phi) is 4.89. The molecule has 0 spiro atoms. The monoisotopic (exact) mass is 311 g/mol. The first kappa shape index (κ1) is 16.0. The number of rotatable bonds is 5. The maximum Gasteiger partial charge on any atom is 0.311 e. The van der Waals surface area contributed by atoms with Gasteiger partial charge in [-0.25, -0.2) is 0 Å². The van der Waals surface area contributed by atoms with Crippen LogP contribution in [0, 0.1) is 21.4 Å². The summed E-state index contributed by atoms with van der Waals surface area (Å²) in [6.07, 6.45) is 0. The molecule has 0 aliphatic carbocycles. The molecule has 0 bridgehead atoms. The summed E-state index contributed by atoms with van der Waals surface area (Å²) in [5.74, 6) is -0.397. The quantitative estimate of drug-likeness (QED) is 0.674. The van der Waals surface area contributed by atoms with Gasteiger partial charge in [-0.1, -0.05) is 6.07 Å². The van der Waals surface area contributed by atoms with Gasteiger partial charge in [0.1, 0.15) is 0 Å². The molecule has 7 nitrogen and oxygen atoms in total. The molecule has 0 unspecified atom stereocenters. The van der Waals surface area contributed by atoms with Gasteiger partial charge in [0.2, 0.25) is 0 Å². The largest absolute Gasteiger partial charge is 0.487 e. The van der Waals surface area contributed by atoms with Crippen molar-refractivity contribution in [2.45, 2.75) is 6.92 Å². The fourth-order valence-corrected chi connectivity index (χ4v) is 1.95. The zero-order chi connectivity index (χ0) is 16.8. The van der Waals surface area contributed by atoms with Crippen LogP contribution in [0.1, 0.15) is 22.8 Å². The van der Waals surface area contributed by atoms with Crippen molar-refractivity contribution in [2.24, 2.45) is 0 Å². The van der Waals surface area contributed by atoms with Crippen LogP contribution >= 0.6 is 0 Å². The molecule has 7 heteroatoms. The van der Waals surface area contributed by atoms with Gasteiger partial charge in [-0.2, -0.15) is 5.26 Å². The number of benzene rings is 2. The lowest BCUT2D eigenvalue weighted by atomic mass is 10.1. The number of nitro groups is 1. The summed E-state index contributed by atoms with van der Waals surface area (Å²) < 4.78 is 5.17. The Morgan fingerprint density at radius 1 is 1.35 bits per heavy atom. The second kappa shape index (κ2) is 7.04. The van der Waals surface area contributed by atoms with Crippen LogP contribution in [0.4, 0.5) is 11.4 Å². The smallest absolute Gasteiger partial charge is 0.311 e. The highest BCUT2D eigenvalue weighted by molar-refractivity contribution is 6.04. The summed E-state index contributed by atoms with van der Waals surface area (Å²) >= 11 is 0. The van der Waals surface area contributed by atoms with Crippen LogP contribution < -0.4 is 10.1 Å². The second-order valence-corrected chi connectivity index (χ2v) is 4.52. The molecule has 2 aromatic carbocycles. The molecule has 1 N–H and O–H groups in total. The van der Waals surface area contributed by atoms with E-state index >= 15 is 0 Å². The van der Waals surface area contributed by atoms with E-state index < -0.39 is 10.8 Å². The number of nitrogens with zero attached hydrogens (tertiary/aromatic N) is 2. The highest BCUT2D eigenvalue weighted by Gasteiger charge is 2.18. The molecule has 0 atom stereocenters. The van der Waals surface area contributed by atoms with Crippen molar-refractivity contribution in [3.8, 4) is 11.8 Å². The number of hydrogen-bond donors (Lipinski definition) is 1. The molecule has 0 aliphatic rings. The minimum atomic E-state index is -0.599. The normalized spacial score (nSPS) is 9.74. The maximum absolute atomic E-state index is 12.2. The number of anilines is 1. The van der Waals surface area contributed by atoms with Gasteiger partial charge in [0.25, 0.3) is 5.91 Å². The van der Waals surface area contributed by atoms with E-state index in [1.807, 2.05) is 6.07 Å². The predicted octanol–water partition coefficient (Wildman–Crippen LogP) is 3.12. The number of hydrogen-bond acceptors (Lipinski definition) is 5. The lowest BCUT2D eigenvalue weighted by Gasteiger charge is -2.08. The molecule has 2 rings (SSSR count). The van der Waals surface area contributed by atoms with Crippen LogP contribution in [-0.4, -0.2) is 17.4 Å². The Hall–Kier alpha value is -3.40. The molecule has 0 aliphatic heterocycles. The summed E-state index contributed by atoms with van der Waals surface area (Å²) in [5.41, 5.74) is 0.693. The topological polar surface area (TPSA) is 105 Å². The number of ether oxygens (including phenoxy) is 1. The van der Waals surface area contributed by atoms with Crippen LogP contribution in [0.5, 0.6) is 5.75 Å². The average molecular weight is 311 g/mol. The van der Waals surface area contributed by atoms with Gasteiger partial charge in [-0.15, -0.1) is 0 Å². The zero-order valence-electron chi connectivity index (χ0n) is 12.3. The van der Waals surface area contributed by atoms with Gasteiger partial charge >= 0.3 is 5.69 Å². The van der Waals surface area contributed by atoms with E-state index in [2.05, 4.69) is 5.32 Å². The van der Waals surface area contributed by atoms with Crippen LogP contribution in [0.25, 0.3) is 0 Å². The van der Waals surface area contributed by atoms with E-state index in [1.165, 1.54) is 18.2 Å². The van der Waals surface area contributed by atoms with Gasteiger partial charge in [0.05, 0.1) is 23.2 Å². The molecule has 0 fully saturated rings. The van der Waals surface area contributed by atoms with Crippen molar-refractivity contribution < 1.29 is 14.5 Å². The van der Waals surface area contributed by atoms with Crippen LogP contribution in [0.15, 0.2) is 42.5 Å². The van der Waals surface area contributed by atoms with Crippen molar-refractivity contribution in [1.29, 1.82) is 5.26 Å². The number of nitro benzene ring substituents is 1. The predicted molar refractivity (Wildman–Crippen MR) is 83.4 cm³/mol. The molecule has 2 aromatic rings. The number of carbonyl (C=O) groups is 1. The van der Waals surface area contributed by atoms with Gasteiger partial charge in [-0.05, 0) is 37.3 Å². The summed E-state index contributed by atoms with van der Waals surface area (Å²) in [7, 11) is 0. The summed E-state index contributed by atoms with van der Waals surface area (Å²) in [4.78, 5) is 22.7. The fraction of sp³-hybridized carbons (Fsp3) is 0.125. The van der Waals surface area contributed by atoms with Crippen molar-refractivity contribution in [1.82, 2.24) is 0 Å². The Balaban J connectivity index is 2.27. The van der Waals surface area contributed by atoms with Gasteiger partial charge in [0, 0.05) is 17.3 Å². The molecular weight excluding hydrogens is 298 g/mol. The number of carbonyl (C=O) groups excluding carboxylic acids is 1. The van der Waals surface area contributed by atoms with E-state index in [4.69, 9.17) is 10.00 Å².